The van der Waals surface area contributed by atoms with Gasteiger partial charge in [0.15, 0.2) is 0 Å². The van der Waals surface area contributed by atoms with E-state index < -0.39 is 0 Å². The Hall–Kier alpha value is -2.32. The molecule has 25 heavy (non-hydrogen) atoms. The van der Waals surface area contributed by atoms with Gasteiger partial charge in [0.1, 0.15) is 11.2 Å². The minimum Gasteiger partial charge on any atom is -0.255 e. The van der Waals surface area contributed by atoms with Crippen LogP contribution in [0.25, 0.3) is 5.69 Å². The number of nitriles is 1. The van der Waals surface area contributed by atoms with Crippen molar-refractivity contribution in [2.45, 2.75) is 6.92 Å². The summed E-state index contributed by atoms with van der Waals surface area (Å²) in [4.78, 5) is 4.36. The molecule has 124 valence electrons. The van der Waals surface area contributed by atoms with E-state index in [1.165, 1.54) is 0 Å². The lowest BCUT2D eigenvalue weighted by Crippen LogP contribution is -1.97. The fourth-order valence-electron chi connectivity index (χ4n) is 2.28. The monoisotopic (exact) mass is 388 g/mol. The molecule has 0 spiro atoms. The fraction of sp³-hybridized carbons (Fsp3) is 0.0556. The van der Waals surface area contributed by atoms with Crippen molar-refractivity contribution in [2.75, 3.05) is 0 Å². The van der Waals surface area contributed by atoms with Crippen molar-refractivity contribution in [2.24, 2.45) is 4.99 Å². The van der Waals surface area contributed by atoms with Gasteiger partial charge in [-0.2, -0.15) is 10.4 Å². The van der Waals surface area contributed by atoms with Crippen molar-refractivity contribution in [1.29, 1.82) is 5.26 Å². The largest absolute Gasteiger partial charge is 0.255 e. The highest BCUT2D eigenvalue weighted by molar-refractivity contribution is 6.34. The van der Waals surface area contributed by atoms with E-state index in [9.17, 15) is 5.26 Å². The number of aromatic nitrogens is 2. The Bertz CT molecular complexity index is 1020. The van der Waals surface area contributed by atoms with Gasteiger partial charge in [0.2, 0.25) is 0 Å². The van der Waals surface area contributed by atoms with Gasteiger partial charge in [0.25, 0.3) is 0 Å². The number of hydrogen-bond donors (Lipinski definition) is 0. The highest BCUT2D eigenvalue weighted by atomic mass is 35.5. The number of nitrogens with zero attached hydrogens (tertiary/aromatic N) is 4. The summed E-state index contributed by atoms with van der Waals surface area (Å²) < 4.78 is 1.56. The number of halogens is 3. The van der Waals surface area contributed by atoms with E-state index >= 15 is 0 Å². The molecule has 0 bridgehead atoms. The number of aryl methyl sites for hydroxylation is 1. The molecule has 0 saturated carbocycles. The van der Waals surface area contributed by atoms with Gasteiger partial charge < -0.3 is 0 Å². The van der Waals surface area contributed by atoms with E-state index in [0.717, 1.165) is 0 Å². The Morgan fingerprint density at radius 1 is 1.16 bits per heavy atom. The second kappa shape index (κ2) is 7.28. The van der Waals surface area contributed by atoms with E-state index in [1.807, 2.05) is 25.1 Å². The van der Waals surface area contributed by atoms with Gasteiger partial charge in [-0.25, -0.2) is 4.68 Å². The van der Waals surface area contributed by atoms with Gasteiger partial charge in [-0.05, 0) is 37.3 Å². The summed E-state index contributed by atoms with van der Waals surface area (Å²) in [6.45, 7) is 1.82. The summed E-state index contributed by atoms with van der Waals surface area (Å²) in [6, 6.07) is 14.3. The third-order valence-electron chi connectivity index (χ3n) is 3.54. The third-order valence-corrected chi connectivity index (χ3v) is 4.46. The third kappa shape index (κ3) is 3.54. The van der Waals surface area contributed by atoms with Gasteiger partial charge in [0, 0.05) is 11.2 Å². The molecule has 0 aliphatic rings. The zero-order valence-corrected chi connectivity index (χ0v) is 15.3. The molecule has 0 aliphatic carbocycles. The Morgan fingerprint density at radius 2 is 1.92 bits per heavy atom. The minimum atomic E-state index is 0.384. The Labute approximate surface area is 159 Å². The number of hydrogen-bond acceptors (Lipinski definition) is 3. The van der Waals surface area contributed by atoms with Crippen LogP contribution in [0.2, 0.25) is 15.2 Å². The molecule has 0 unspecified atom stereocenters. The van der Waals surface area contributed by atoms with Crippen LogP contribution >= 0.6 is 34.8 Å². The first-order valence-corrected chi connectivity index (χ1v) is 8.38. The lowest BCUT2D eigenvalue weighted by atomic mass is 10.2. The first-order valence-electron chi connectivity index (χ1n) is 7.25. The van der Waals surface area contributed by atoms with Crippen LogP contribution < -0.4 is 0 Å². The maximum Gasteiger partial charge on any atom is 0.141 e. The highest BCUT2D eigenvalue weighted by Crippen LogP contribution is 2.28. The Morgan fingerprint density at radius 3 is 2.64 bits per heavy atom. The maximum atomic E-state index is 9.17. The second-order valence-corrected chi connectivity index (χ2v) is 6.39. The number of aliphatic imine (C=N–C) groups is 1. The Balaban J connectivity index is 2.05. The molecule has 0 N–H and O–H groups in total. The molecule has 0 fully saturated rings. The quantitative estimate of drug-likeness (QED) is 0.534. The molecule has 3 aromatic rings. The molecule has 7 heteroatoms. The second-order valence-electron chi connectivity index (χ2n) is 5.18. The summed E-state index contributed by atoms with van der Waals surface area (Å²) in [6.07, 6.45) is 1.57. The molecule has 2 aromatic carbocycles. The lowest BCUT2D eigenvalue weighted by Gasteiger charge is -2.05. The summed E-state index contributed by atoms with van der Waals surface area (Å²) in [5, 5.41) is 15.0. The van der Waals surface area contributed by atoms with Gasteiger partial charge in [-0.1, -0.05) is 46.9 Å². The SMILES string of the molecule is Cc1nn(-c2ccccc2Cl)c(Cl)c1C=Nc1cc(Cl)ccc1C#N. The number of benzene rings is 2. The van der Waals surface area contributed by atoms with Crippen molar-refractivity contribution in [1.82, 2.24) is 9.78 Å². The molecule has 0 aliphatic heterocycles. The molecule has 1 aromatic heterocycles. The lowest BCUT2D eigenvalue weighted by molar-refractivity contribution is 0.863. The normalized spacial score (nSPS) is 11.0. The van der Waals surface area contributed by atoms with Crippen LogP contribution in [0.3, 0.4) is 0 Å². The van der Waals surface area contributed by atoms with Crippen molar-refractivity contribution in [3.05, 3.63) is 74.5 Å². The highest BCUT2D eigenvalue weighted by Gasteiger charge is 2.15. The zero-order chi connectivity index (χ0) is 18.0. The van der Waals surface area contributed by atoms with Crippen LogP contribution in [0.1, 0.15) is 16.8 Å². The molecular formula is C18H11Cl3N4. The molecule has 0 atom stereocenters. The van der Waals surface area contributed by atoms with Crippen LogP contribution in [0.15, 0.2) is 47.5 Å². The van der Waals surface area contributed by atoms with Crippen molar-refractivity contribution >= 4 is 46.7 Å². The average Bonchev–Trinajstić information content (AvgIpc) is 2.88. The molecule has 0 amide bonds. The summed E-state index contributed by atoms with van der Waals surface area (Å²) in [7, 11) is 0. The Kier molecular flexibility index (Phi) is 5.10. The van der Waals surface area contributed by atoms with Crippen LogP contribution in [0, 0.1) is 18.3 Å². The summed E-state index contributed by atoms with van der Waals surface area (Å²) in [5.74, 6) is 0. The van der Waals surface area contributed by atoms with Gasteiger partial charge >= 0.3 is 0 Å². The van der Waals surface area contributed by atoms with Gasteiger partial charge in [-0.3, -0.25) is 4.99 Å². The van der Waals surface area contributed by atoms with Gasteiger partial charge in [-0.15, -0.1) is 0 Å². The molecule has 0 radical (unpaired) electrons. The van der Waals surface area contributed by atoms with Crippen molar-refractivity contribution in [3.63, 3.8) is 0 Å². The topological polar surface area (TPSA) is 54.0 Å². The van der Waals surface area contributed by atoms with Crippen LogP contribution in [-0.4, -0.2) is 16.0 Å². The van der Waals surface area contributed by atoms with Crippen molar-refractivity contribution < 1.29 is 0 Å². The van der Waals surface area contributed by atoms with Crippen molar-refractivity contribution in [3.8, 4) is 11.8 Å². The smallest absolute Gasteiger partial charge is 0.141 e. The molecular weight excluding hydrogens is 379 g/mol. The summed E-state index contributed by atoms with van der Waals surface area (Å²) in [5.41, 5.74) is 2.90. The van der Waals surface area contributed by atoms with E-state index in [2.05, 4.69) is 16.2 Å². The van der Waals surface area contributed by atoms with Gasteiger partial charge in [0.05, 0.1) is 33.2 Å². The van der Waals surface area contributed by atoms with Crippen LogP contribution in [0.4, 0.5) is 5.69 Å². The number of para-hydroxylation sites is 1. The van der Waals surface area contributed by atoms with E-state index in [0.29, 0.717) is 43.4 Å². The van der Waals surface area contributed by atoms with E-state index in [-0.39, 0.29) is 0 Å². The first-order chi connectivity index (χ1) is 12.0. The molecule has 0 saturated heterocycles. The standard InChI is InChI=1S/C18H11Cl3N4/c1-11-14(10-23-16-8-13(19)7-6-12(16)9-22)18(21)25(24-11)17-5-3-2-4-15(17)20/h2-8,10H,1H3. The van der Waals surface area contributed by atoms with Crippen LogP contribution in [-0.2, 0) is 0 Å². The predicted molar refractivity (Wildman–Crippen MR) is 102 cm³/mol. The maximum absolute atomic E-state index is 9.17. The first kappa shape index (κ1) is 17.5. The predicted octanol–water partition coefficient (Wildman–Crippen LogP) is 5.76. The molecule has 4 nitrogen and oxygen atoms in total. The fourth-order valence-corrected chi connectivity index (χ4v) is 2.98. The molecule has 1 heterocycles. The summed E-state index contributed by atoms with van der Waals surface area (Å²) >= 11 is 18.7. The van der Waals surface area contributed by atoms with Crippen LogP contribution in [0.5, 0.6) is 0 Å². The molecule has 3 rings (SSSR count). The van der Waals surface area contributed by atoms with E-state index in [1.54, 1.807) is 35.2 Å². The average molecular weight is 390 g/mol. The number of rotatable bonds is 3. The zero-order valence-electron chi connectivity index (χ0n) is 13.0. The minimum absolute atomic E-state index is 0.384. The van der Waals surface area contributed by atoms with E-state index in [4.69, 9.17) is 34.8 Å².